The Morgan fingerprint density at radius 3 is 2.53 bits per heavy atom. The number of ketones is 1. The number of carbonyl (C=O) groups excluding carboxylic acids is 1. The summed E-state index contributed by atoms with van der Waals surface area (Å²) in [6, 6.07) is 4.62. The Morgan fingerprint density at radius 1 is 1.41 bits per heavy atom. The summed E-state index contributed by atoms with van der Waals surface area (Å²) in [5.41, 5.74) is 5.82. The molecule has 2 N–H and O–H groups in total. The Bertz CT molecular complexity index is 524. The molecule has 1 rings (SSSR count). The molecule has 0 fully saturated rings. The summed E-state index contributed by atoms with van der Waals surface area (Å²) in [6.07, 6.45) is 3.21. The highest BCUT2D eigenvalue weighted by molar-refractivity contribution is 7.99. The van der Waals surface area contributed by atoms with Gasteiger partial charge in [-0.25, -0.2) is 8.42 Å². The Labute approximate surface area is 106 Å². The minimum Gasteiger partial charge on any atom is -0.330 e. The van der Waals surface area contributed by atoms with Crippen LogP contribution in [0.15, 0.2) is 28.0 Å². The largest absolute Gasteiger partial charge is 0.330 e. The van der Waals surface area contributed by atoms with Gasteiger partial charge in [-0.05, 0) is 24.9 Å². The summed E-state index contributed by atoms with van der Waals surface area (Å²) in [6.45, 7) is 0.293. The average molecular weight is 273 g/mol. The van der Waals surface area contributed by atoms with Gasteiger partial charge in [-0.15, -0.1) is 11.8 Å². The lowest BCUT2D eigenvalue weighted by atomic mass is 10.1. The highest BCUT2D eigenvalue weighted by atomic mass is 32.2. The van der Waals surface area contributed by atoms with Gasteiger partial charge in [0, 0.05) is 23.1 Å². The van der Waals surface area contributed by atoms with Crippen LogP contribution in [0.4, 0.5) is 0 Å². The number of carbonyl (C=O) groups is 1. The van der Waals surface area contributed by atoms with Gasteiger partial charge >= 0.3 is 0 Å². The van der Waals surface area contributed by atoms with E-state index in [2.05, 4.69) is 0 Å². The van der Waals surface area contributed by atoms with E-state index in [0.29, 0.717) is 17.0 Å². The fourth-order valence-electron chi connectivity index (χ4n) is 1.42. The van der Waals surface area contributed by atoms with Crippen molar-refractivity contribution in [3.05, 3.63) is 23.8 Å². The molecule has 17 heavy (non-hydrogen) atoms. The van der Waals surface area contributed by atoms with Crippen LogP contribution in [0.5, 0.6) is 0 Å². The van der Waals surface area contributed by atoms with Gasteiger partial charge in [0.25, 0.3) is 0 Å². The van der Waals surface area contributed by atoms with Gasteiger partial charge in [-0.2, -0.15) is 0 Å². The van der Waals surface area contributed by atoms with Crippen molar-refractivity contribution in [3.63, 3.8) is 0 Å². The van der Waals surface area contributed by atoms with Gasteiger partial charge in [0.05, 0.1) is 4.90 Å². The Balaban J connectivity index is 3.22. The molecular formula is C11H15NO3S2. The summed E-state index contributed by atoms with van der Waals surface area (Å²) >= 11 is 1.31. The lowest BCUT2D eigenvalue weighted by molar-refractivity contribution is 0.0985. The minimum atomic E-state index is -3.26. The van der Waals surface area contributed by atoms with E-state index in [0.717, 1.165) is 6.26 Å². The van der Waals surface area contributed by atoms with Crippen LogP contribution in [0.2, 0.25) is 0 Å². The first-order chi connectivity index (χ1) is 7.90. The summed E-state index contributed by atoms with van der Waals surface area (Å²) < 4.78 is 23.0. The van der Waals surface area contributed by atoms with Crippen molar-refractivity contribution in [2.24, 2.45) is 5.73 Å². The van der Waals surface area contributed by atoms with E-state index in [9.17, 15) is 13.2 Å². The number of hydrogen-bond acceptors (Lipinski definition) is 5. The van der Waals surface area contributed by atoms with Crippen LogP contribution in [0.3, 0.4) is 0 Å². The summed E-state index contributed by atoms with van der Waals surface area (Å²) in [7, 11) is -3.26. The first-order valence-electron chi connectivity index (χ1n) is 5.01. The molecule has 0 saturated carbocycles. The van der Waals surface area contributed by atoms with Crippen molar-refractivity contribution in [3.8, 4) is 0 Å². The number of sulfone groups is 1. The molecule has 0 atom stereocenters. The van der Waals surface area contributed by atoms with Gasteiger partial charge < -0.3 is 5.73 Å². The van der Waals surface area contributed by atoms with Crippen LogP contribution < -0.4 is 5.73 Å². The summed E-state index contributed by atoms with van der Waals surface area (Å²) in [5.74, 6) is -0.0668. The van der Waals surface area contributed by atoms with Crippen molar-refractivity contribution in [2.45, 2.75) is 16.2 Å². The van der Waals surface area contributed by atoms with Gasteiger partial charge in [0.1, 0.15) is 0 Å². The molecule has 0 heterocycles. The first kappa shape index (κ1) is 14.2. The fourth-order valence-corrected chi connectivity index (χ4v) is 3.38. The second-order valence-corrected chi connectivity index (χ2v) is 6.43. The molecule has 6 heteroatoms. The molecule has 0 unspecified atom stereocenters. The predicted molar refractivity (Wildman–Crippen MR) is 69.3 cm³/mol. The van der Waals surface area contributed by atoms with Gasteiger partial charge in [-0.1, -0.05) is 6.07 Å². The molecule has 94 valence electrons. The molecule has 0 bridgehead atoms. The minimum absolute atomic E-state index is 0.0668. The molecule has 0 spiro atoms. The number of thioether (sulfide) groups is 1. The quantitative estimate of drug-likeness (QED) is 0.647. The lowest BCUT2D eigenvalue weighted by Crippen LogP contribution is -2.09. The Hall–Kier alpha value is -0.850. The van der Waals surface area contributed by atoms with Crippen molar-refractivity contribution in [2.75, 3.05) is 19.1 Å². The van der Waals surface area contributed by atoms with Crippen LogP contribution >= 0.6 is 11.8 Å². The van der Waals surface area contributed by atoms with Crippen molar-refractivity contribution >= 4 is 27.4 Å². The highest BCUT2D eigenvalue weighted by Gasteiger charge is 2.15. The van der Waals surface area contributed by atoms with Crippen LogP contribution in [-0.2, 0) is 9.84 Å². The molecule has 0 aromatic heterocycles. The number of benzene rings is 1. The summed E-state index contributed by atoms with van der Waals surface area (Å²) in [5, 5.41) is 0. The predicted octanol–water partition coefficient (Wildman–Crippen LogP) is 1.34. The number of nitrogens with two attached hydrogens (primary N) is 1. The third-order valence-corrected chi connectivity index (χ3v) is 4.32. The van der Waals surface area contributed by atoms with Crippen LogP contribution in [0.1, 0.15) is 16.8 Å². The van der Waals surface area contributed by atoms with E-state index in [1.807, 2.05) is 0 Å². The topological polar surface area (TPSA) is 77.2 Å². The smallest absolute Gasteiger partial charge is 0.176 e. The molecular weight excluding hydrogens is 258 g/mol. The van der Waals surface area contributed by atoms with Crippen LogP contribution in [-0.4, -0.2) is 33.3 Å². The molecule has 0 aliphatic heterocycles. The zero-order chi connectivity index (χ0) is 13.1. The van der Waals surface area contributed by atoms with Crippen LogP contribution in [0, 0.1) is 0 Å². The fraction of sp³-hybridized carbons (Fsp3) is 0.364. The zero-order valence-corrected chi connectivity index (χ0v) is 11.4. The van der Waals surface area contributed by atoms with Crippen LogP contribution in [0.25, 0.3) is 0 Å². The maximum atomic E-state index is 11.6. The third-order valence-electron chi connectivity index (χ3n) is 2.26. The first-order valence-corrected chi connectivity index (χ1v) is 8.13. The second-order valence-electron chi connectivity index (χ2n) is 3.60. The number of Topliss-reactive ketones (excluding diaryl/α,β-unsaturated/α-hetero) is 1. The zero-order valence-electron chi connectivity index (χ0n) is 9.76. The second kappa shape index (κ2) is 5.66. The maximum Gasteiger partial charge on any atom is 0.176 e. The van der Waals surface area contributed by atoms with Crippen molar-refractivity contribution in [1.82, 2.24) is 0 Å². The molecule has 0 radical (unpaired) electrons. The maximum absolute atomic E-state index is 11.6. The van der Waals surface area contributed by atoms with Gasteiger partial charge in [-0.3, -0.25) is 4.79 Å². The standard InChI is InChI=1S/C11H15NO3S2/c1-16-10-7-8(9(13)5-6-12)3-4-11(10)17(2,14)15/h3-4,7H,5-6,12H2,1-2H3. The molecule has 0 aliphatic rings. The van der Waals surface area contributed by atoms with Gasteiger partial charge in [0.2, 0.25) is 0 Å². The SMILES string of the molecule is CSc1cc(C(=O)CCN)ccc1S(C)(=O)=O. The molecule has 0 amide bonds. The average Bonchev–Trinajstić information content (AvgIpc) is 2.27. The number of rotatable bonds is 5. The third kappa shape index (κ3) is 3.55. The molecule has 4 nitrogen and oxygen atoms in total. The van der Waals surface area contributed by atoms with E-state index in [1.165, 1.54) is 23.9 Å². The molecule has 1 aromatic rings. The van der Waals surface area contributed by atoms with E-state index < -0.39 is 9.84 Å². The summed E-state index contributed by atoms with van der Waals surface area (Å²) in [4.78, 5) is 12.5. The van der Waals surface area contributed by atoms with E-state index in [1.54, 1.807) is 12.3 Å². The van der Waals surface area contributed by atoms with E-state index in [4.69, 9.17) is 5.73 Å². The molecule has 0 aliphatic carbocycles. The number of hydrogen-bond donors (Lipinski definition) is 1. The Kier molecular flexibility index (Phi) is 4.73. The monoisotopic (exact) mass is 273 g/mol. The van der Waals surface area contributed by atoms with Crippen molar-refractivity contribution < 1.29 is 13.2 Å². The van der Waals surface area contributed by atoms with Gasteiger partial charge in [0.15, 0.2) is 15.6 Å². The Morgan fingerprint density at radius 2 is 2.06 bits per heavy atom. The van der Waals surface area contributed by atoms with E-state index in [-0.39, 0.29) is 17.1 Å². The van der Waals surface area contributed by atoms with Crippen molar-refractivity contribution in [1.29, 1.82) is 0 Å². The lowest BCUT2D eigenvalue weighted by Gasteiger charge is -2.07. The molecule has 1 aromatic carbocycles. The highest BCUT2D eigenvalue weighted by Crippen LogP contribution is 2.26. The van der Waals surface area contributed by atoms with E-state index >= 15 is 0 Å². The normalized spacial score (nSPS) is 11.5. The molecule has 0 saturated heterocycles.